The van der Waals surface area contributed by atoms with Gasteiger partial charge in [0.05, 0.1) is 11.6 Å². The van der Waals surface area contributed by atoms with Gasteiger partial charge in [-0.3, -0.25) is 14.9 Å². The lowest BCUT2D eigenvalue weighted by atomic mass is 9.74. The number of benzene rings is 3. The number of nitrogens with one attached hydrogen (secondary N) is 3. The van der Waals surface area contributed by atoms with Gasteiger partial charge in [-0.2, -0.15) is 0 Å². The molecule has 0 saturated heterocycles. The van der Waals surface area contributed by atoms with Crippen LogP contribution in [-0.2, 0) is 16.0 Å². The van der Waals surface area contributed by atoms with Gasteiger partial charge in [-0.1, -0.05) is 110 Å². The van der Waals surface area contributed by atoms with Crippen LogP contribution in [0.1, 0.15) is 74.0 Å². The molecule has 2 saturated carbocycles. The predicted octanol–water partition coefficient (Wildman–Crippen LogP) is 5.51. The lowest BCUT2D eigenvalue weighted by Crippen LogP contribution is -2.67. The Labute approximate surface area is 232 Å². The molecule has 2 amide bonds. The molecule has 3 aromatic rings. The molecule has 0 bridgehead atoms. The van der Waals surface area contributed by atoms with Crippen molar-refractivity contribution in [3.8, 4) is 0 Å². The van der Waals surface area contributed by atoms with Gasteiger partial charge in [0.1, 0.15) is 0 Å². The Morgan fingerprint density at radius 1 is 0.744 bits per heavy atom. The third-order valence-electron chi connectivity index (χ3n) is 8.52. The molecule has 5 heteroatoms. The number of carbonyl (C=O) groups is 2. The lowest BCUT2D eigenvalue weighted by Gasteiger charge is -2.44. The average Bonchev–Trinajstić information content (AvgIpc) is 2.96. The lowest BCUT2D eigenvalue weighted by molar-refractivity contribution is -0.134. The highest BCUT2D eigenvalue weighted by molar-refractivity contribution is 5.89. The van der Waals surface area contributed by atoms with Gasteiger partial charge < -0.3 is 10.6 Å². The van der Waals surface area contributed by atoms with E-state index < -0.39 is 11.6 Å². The van der Waals surface area contributed by atoms with E-state index in [-0.39, 0.29) is 23.8 Å². The highest BCUT2D eigenvalue weighted by Crippen LogP contribution is 2.34. The second-order valence-corrected chi connectivity index (χ2v) is 11.2. The van der Waals surface area contributed by atoms with Crippen molar-refractivity contribution in [2.75, 3.05) is 6.54 Å². The van der Waals surface area contributed by atoms with Gasteiger partial charge in [0, 0.05) is 18.5 Å². The van der Waals surface area contributed by atoms with Crippen LogP contribution < -0.4 is 16.0 Å². The largest absolute Gasteiger partial charge is 0.354 e. The molecule has 0 aromatic heterocycles. The summed E-state index contributed by atoms with van der Waals surface area (Å²) in [4.78, 5) is 27.4. The SMILES string of the molecule is O=C(NCC(c1ccccc1)c1ccccc1)[C@H](Cc1ccccc1)NC1(C(=O)NC2CCCCC2)CCC1. The zero-order chi connectivity index (χ0) is 26.9. The molecule has 5 rings (SSSR count). The van der Waals surface area contributed by atoms with Crippen LogP contribution in [0.4, 0.5) is 0 Å². The van der Waals surface area contributed by atoms with Gasteiger partial charge in [0.2, 0.25) is 11.8 Å². The monoisotopic (exact) mass is 523 g/mol. The third kappa shape index (κ3) is 6.96. The predicted molar refractivity (Wildman–Crippen MR) is 156 cm³/mol. The molecule has 0 heterocycles. The van der Waals surface area contributed by atoms with Crippen molar-refractivity contribution in [3.05, 3.63) is 108 Å². The van der Waals surface area contributed by atoms with E-state index in [9.17, 15) is 9.59 Å². The van der Waals surface area contributed by atoms with Crippen molar-refractivity contribution >= 4 is 11.8 Å². The first-order chi connectivity index (χ1) is 19.1. The Bertz CT molecular complexity index is 1150. The normalized spacial score (nSPS) is 17.7. The molecule has 0 spiro atoms. The number of hydrogen-bond acceptors (Lipinski definition) is 3. The van der Waals surface area contributed by atoms with Crippen molar-refractivity contribution in [2.24, 2.45) is 0 Å². The molecule has 2 fully saturated rings. The molecule has 2 aliphatic carbocycles. The molecule has 5 nitrogen and oxygen atoms in total. The van der Waals surface area contributed by atoms with Gasteiger partial charge in [0.25, 0.3) is 0 Å². The highest BCUT2D eigenvalue weighted by atomic mass is 16.2. The summed E-state index contributed by atoms with van der Waals surface area (Å²) < 4.78 is 0. The number of amides is 2. The minimum atomic E-state index is -0.674. The number of rotatable bonds is 11. The molecular weight excluding hydrogens is 482 g/mol. The van der Waals surface area contributed by atoms with Gasteiger partial charge in [-0.15, -0.1) is 0 Å². The summed E-state index contributed by atoms with van der Waals surface area (Å²) in [7, 11) is 0. The van der Waals surface area contributed by atoms with Crippen molar-refractivity contribution < 1.29 is 9.59 Å². The zero-order valence-electron chi connectivity index (χ0n) is 22.8. The van der Waals surface area contributed by atoms with Gasteiger partial charge in [-0.25, -0.2) is 0 Å². The number of hydrogen-bond donors (Lipinski definition) is 3. The van der Waals surface area contributed by atoms with Crippen molar-refractivity contribution in [1.82, 2.24) is 16.0 Å². The maximum Gasteiger partial charge on any atom is 0.240 e. The first kappa shape index (κ1) is 27.1. The topological polar surface area (TPSA) is 70.2 Å². The van der Waals surface area contributed by atoms with E-state index in [4.69, 9.17) is 0 Å². The fourth-order valence-electron chi connectivity index (χ4n) is 6.06. The fourth-order valence-corrected chi connectivity index (χ4v) is 6.06. The molecule has 2 aliphatic rings. The summed E-state index contributed by atoms with van der Waals surface area (Å²) in [6, 6.07) is 30.5. The molecular formula is C34H41N3O2. The summed E-state index contributed by atoms with van der Waals surface area (Å²) in [5.74, 6) is 0.0476. The highest BCUT2D eigenvalue weighted by Gasteiger charge is 2.47. The number of carbonyl (C=O) groups excluding carboxylic acids is 2. The molecule has 3 aromatic carbocycles. The Kier molecular flexibility index (Phi) is 9.10. The van der Waals surface area contributed by atoms with Crippen LogP contribution in [0.5, 0.6) is 0 Å². The van der Waals surface area contributed by atoms with E-state index in [0.717, 1.165) is 37.7 Å². The summed E-state index contributed by atoms with van der Waals surface area (Å²) in [5.41, 5.74) is 2.74. The quantitative estimate of drug-likeness (QED) is 0.311. The second kappa shape index (κ2) is 13.1. The zero-order valence-corrected chi connectivity index (χ0v) is 22.8. The fraction of sp³-hybridized carbons (Fsp3) is 0.412. The van der Waals surface area contributed by atoms with Crippen LogP contribution in [0.25, 0.3) is 0 Å². The van der Waals surface area contributed by atoms with E-state index in [1.165, 1.54) is 30.4 Å². The molecule has 0 unspecified atom stereocenters. The minimum absolute atomic E-state index is 0.0426. The molecule has 0 aliphatic heterocycles. The van der Waals surface area contributed by atoms with E-state index in [0.29, 0.717) is 13.0 Å². The van der Waals surface area contributed by atoms with Crippen molar-refractivity contribution in [1.29, 1.82) is 0 Å². The summed E-state index contributed by atoms with van der Waals surface area (Å²) in [5, 5.41) is 10.2. The van der Waals surface area contributed by atoms with Crippen LogP contribution in [0.15, 0.2) is 91.0 Å². The maximum absolute atomic E-state index is 13.8. The summed E-state index contributed by atoms with van der Waals surface area (Å²) >= 11 is 0. The van der Waals surface area contributed by atoms with Crippen LogP contribution in [-0.4, -0.2) is 36.0 Å². The van der Waals surface area contributed by atoms with Gasteiger partial charge in [-0.05, 0) is 55.2 Å². The van der Waals surface area contributed by atoms with E-state index in [1.54, 1.807) is 0 Å². The molecule has 0 radical (unpaired) electrons. The molecule has 39 heavy (non-hydrogen) atoms. The van der Waals surface area contributed by atoms with E-state index >= 15 is 0 Å². The third-order valence-corrected chi connectivity index (χ3v) is 8.52. The van der Waals surface area contributed by atoms with Crippen LogP contribution in [0.2, 0.25) is 0 Å². The molecule has 204 valence electrons. The summed E-state index contributed by atoms with van der Waals surface area (Å²) in [6.07, 6.45) is 8.76. The van der Waals surface area contributed by atoms with Crippen molar-refractivity contribution in [3.63, 3.8) is 0 Å². The Hall–Kier alpha value is -3.44. The van der Waals surface area contributed by atoms with Crippen LogP contribution in [0.3, 0.4) is 0 Å². The van der Waals surface area contributed by atoms with Gasteiger partial charge >= 0.3 is 0 Å². The standard InChI is InChI=1S/C34H41N3O2/c38-32(35-25-30(27-16-7-2-8-17-27)28-18-9-3-10-19-28)31(24-26-14-5-1-6-15-26)37-34(22-13-23-34)33(39)36-29-20-11-4-12-21-29/h1-3,5-10,14-19,29-31,37H,4,11-13,20-25H2,(H,35,38)(H,36,39)/t31-/m0/s1. The Morgan fingerprint density at radius 2 is 1.31 bits per heavy atom. The minimum Gasteiger partial charge on any atom is -0.354 e. The van der Waals surface area contributed by atoms with Crippen LogP contribution >= 0.6 is 0 Å². The van der Waals surface area contributed by atoms with Crippen molar-refractivity contribution in [2.45, 2.75) is 81.3 Å². The first-order valence-corrected chi connectivity index (χ1v) is 14.6. The van der Waals surface area contributed by atoms with E-state index in [2.05, 4.69) is 40.2 Å². The maximum atomic E-state index is 13.8. The smallest absolute Gasteiger partial charge is 0.240 e. The Morgan fingerprint density at radius 3 is 1.85 bits per heavy atom. The Balaban J connectivity index is 1.32. The van der Waals surface area contributed by atoms with Crippen LogP contribution in [0, 0.1) is 0 Å². The molecule has 1 atom stereocenters. The van der Waals surface area contributed by atoms with E-state index in [1.807, 2.05) is 66.7 Å². The second-order valence-electron chi connectivity index (χ2n) is 11.2. The average molecular weight is 524 g/mol. The summed E-state index contributed by atoms with van der Waals surface area (Å²) in [6.45, 7) is 0.487. The van der Waals surface area contributed by atoms with Gasteiger partial charge in [0.15, 0.2) is 0 Å². The first-order valence-electron chi connectivity index (χ1n) is 14.6. The molecule has 3 N–H and O–H groups in total.